The number of ether oxygens (including phenoxy) is 1. The first-order chi connectivity index (χ1) is 15.9. The molecule has 0 unspecified atom stereocenters. The van der Waals surface area contributed by atoms with E-state index < -0.39 is 5.60 Å². The van der Waals surface area contributed by atoms with E-state index in [1.165, 1.54) is 68.1 Å². The van der Waals surface area contributed by atoms with E-state index in [0.717, 1.165) is 18.4 Å². The zero-order valence-corrected chi connectivity index (χ0v) is 20.8. The third-order valence-corrected chi connectivity index (χ3v) is 6.70. The highest BCUT2D eigenvalue weighted by molar-refractivity contribution is 9.09. The highest BCUT2D eigenvalue weighted by Gasteiger charge is 2.37. The summed E-state index contributed by atoms with van der Waals surface area (Å²) >= 11 is 3.51. The normalized spacial score (nSPS) is 11.5. The maximum atomic E-state index is 6.86. The largest absolute Gasteiger partial charge is 0.361 e. The molecule has 0 saturated carbocycles. The number of hydrogen-bond acceptors (Lipinski definition) is 1. The third kappa shape index (κ3) is 7.05. The Hall–Kier alpha value is -1.90. The first-order valence-electron chi connectivity index (χ1n) is 12.2. The fraction of sp³-hybridized carbons (Fsp3) is 0.400. The standard InChI is InChI=1S/C30H37BrO/c31-25-17-6-4-2-1-3-5-7-18-26-32-30(27-19-11-8-12-20-27,28-21-13-9-14-22-28)29-23-15-10-16-24-29/h8-16,19-24H,1-7,17-18,25-26H2. The minimum atomic E-state index is -0.584. The molecule has 0 radical (unpaired) electrons. The molecule has 3 aromatic rings. The summed E-state index contributed by atoms with van der Waals surface area (Å²) in [5, 5.41) is 1.14. The van der Waals surface area contributed by atoms with E-state index in [1.807, 2.05) is 0 Å². The SMILES string of the molecule is BrCCCCCCCCCCCOC(c1ccccc1)(c1ccccc1)c1ccccc1. The Morgan fingerprint density at radius 1 is 0.469 bits per heavy atom. The molecule has 0 spiro atoms. The van der Waals surface area contributed by atoms with Crippen molar-refractivity contribution in [2.24, 2.45) is 0 Å². The van der Waals surface area contributed by atoms with Crippen LogP contribution in [0.15, 0.2) is 91.0 Å². The summed E-state index contributed by atoms with van der Waals surface area (Å²) in [5.41, 5.74) is 2.96. The Balaban J connectivity index is 1.64. The van der Waals surface area contributed by atoms with Crippen LogP contribution in [0.5, 0.6) is 0 Å². The van der Waals surface area contributed by atoms with Crippen LogP contribution in [0, 0.1) is 0 Å². The second-order valence-corrected chi connectivity index (χ2v) is 9.29. The van der Waals surface area contributed by atoms with E-state index >= 15 is 0 Å². The Morgan fingerprint density at radius 3 is 1.19 bits per heavy atom. The van der Waals surface area contributed by atoms with E-state index in [0.29, 0.717) is 0 Å². The van der Waals surface area contributed by atoms with Gasteiger partial charge in [0.05, 0.1) is 0 Å². The molecule has 0 heterocycles. The van der Waals surface area contributed by atoms with Gasteiger partial charge in [0.25, 0.3) is 0 Å². The van der Waals surface area contributed by atoms with Crippen molar-refractivity contribution in [1.29, 1.82) is 0 Å². The molecule has 32 heavy (non-hydrogen) atoms. The molecule has 0 aliphatic rings. The van der Waals surface area contributed by atoms with E-state index in [4.69, 9.17) is 4.74 Å². The van der Waals surface area contributed by atoms with Crippen molar-refractivity contribution in [3.05, 3.63) is 108 Å². The molecule has 0 bridgehead atoms. The van der Waals surface area contributed by atoms with Crippen LogP contribution in [-0.2, 0) is 10.3 Å². The second-order valence-electron chi connectivity index (χ2n) is 8.50. The molecule has 3 rings (SSSR count). The van der Waals surface area contributed by atoms with Gasteiger partial charge in [-0.3, -0.25) is 0 Å². The smallest absolute Gasteiger partial charge is 0.143 e. The van der Waals surface area contributed by atoms with Crippen molar-refractivity contribution in [1.82, 2.24) is 0 Å². The molecule has 0 fully saturated rings. The maximum absolute atomic E-state index is 6.86. The van der Waals surface area contributed by atoms with Gasteiger partial charge in [-0.2, -0.15) is 0 Å². The molecule has 0 aliphatic heterocycles. The molecule has 0 amide bonds. The molecular formula is C30H37BrO. The van der Waals surface area contributed by atoms with Gasteiger partial charge in [0.15, 0.2) is 0 Å². The van der Waals surface area contributed by atoms with Crippen molar-refractivity contribution in [3.63, 3.8) is 0 Å². The summed E-state index contributed by atoms with van der Waals surface area (Å²) in [6, 6.07) is 32.0. The zero-order valence-electron chi connectivity index (χ0n) is 19.2. The summed E-state index contributed by atoms with van der Waals surface area (Å²) in [4.78, 5) is 0. The highest BCUT2D eigenvalue weighted by atomic mass is 79.9. The van der Waals surface area contributed by atoms with E-state index in [-0.39, 0.29) is 0 Å². The van der Waals surface area contributed by atoms with Gasteiger partial charge in [-0.1, -0.05) is 152 Å². The van der Waals surface area contributed by atoms with Crippen LogP contribution in [0.4, 0.5) is 0 Å². The first-order valence-corrected chi connectivity index (χ1v) is 13.4. The Labute approximate surface area is 203 Å². The number of rotatable bonds is 15. The van der Waals surface area contributed by atoms with E-state index in [9.17, 15) is 0 Å². The third-order valence-electron chi connectivity index (χ3n) is 6.14. The van der Waals surface area contributed by atoms with Gasteiger partial charge in [0.2, 0.25) is 0 Å². The lowest BCUT2D eigenvalue weighted by Gasteiger charge is -2.36. The number of alkyl halides is 1. The van der Waals surface area contributed by atoms with Gasteiger partial charge >= 0.3 is 0 Å². The summed E-state index contributed by atoms with van der Waals surface area (Å²) in [6.45, 7) is 0.754. The Morgan fingerprint density at radius 2 is 0.812 bits per heavy atom. The molecule has 1 nitrogen and oxygen atoms in total. The fourth-order valence-electron chi connectivity index (χ4n) is 4.43. The van der Waals surface area contributed by atoms with Crippen molar-refractivity contribution in [2.45, 2.75) is 63.4 Å². The molecule has 2 heteroatoms. The number of benzene rings is 3. The fourth-order valence-corrected chi connectivity index (χ4v) is 4.82. The van der Waals surface area contributed by atoms with Gasteiger partial charge in [-0.15, -0.1) is 0 Å². The zero-order chi connectivity index (χ0) is 22.3. The quantitative estimate of drug-likeness (QED) is 0.117. The molecule has 0 atom stereocenters. The molecule has 0 saturated heterocycles. The van der Waals surface area contributed by atoms with Crippen LogP contribution >= 0.6 is 15.9 Å². The predicted octanol–water partition coefficient (Wildman–Crippen LogP) is 8.90. The molecule has 0 aliphatic carbocycles. The predicted molar refractivity (Wildman–Crippen MR) is 141 cm³/mol. The van der Waals surface area contributed by atoms with Crippen LogP contribution in [-0.4, -0.2) is 11.9 Å². The summed E-state index contributed by atoms with van der Waals surface area (Å²) in [7, 11) is 0. The van der Waals surface area contributed by atoms with Crippen molar-refractivity contribution in [3.8, 4) is 0 Å². The lowest BCUT2D eigenvalue weighted by Crippen LogP contribution is -2.33. The van der Waals surface area contributed by atoms with Crippen LogP contribution < -0.4 is 0 Å². The van der Waals surface area contributed by atoms with Crippen LogP contribution in [0.25, 0.3) is 0 Å². The van der Waals surface area contributed by atoms with Gasteiger partial charge in [-0.05, 0) is 29.5 Å². The van der Waals surface area contributed by atoms with Crippen LogP contribution in [0.2, 0.25) is 0 Å². The molecule has 3 aromatic carbocycles. The van der Waals surface area contributed by atoms with Gasteiger partial charge < -0.3 is 4.74 Å². The van der Waals surface area contributed by atoms with E-state index in [2.05, 4.69) is 107 Å². The molecular weight excluding hydrogens is 456 g/mol. The van der Waals surface area contributed by atoms with E-state index in [1.54, 1.807) is 0 Å². The topological polar surface area (TPSA) is 9.23 Å². The monoisotopic (exact) mass is 492 g/mol. The van der Waals surface area contributed by atoms with Crippen LogP contribution in [0.1, 0.15) is 74.5 Å². The van der Waals surface area contributed by atoms with Crippen molar-refractivity contribution in [2.75, 3.05) is 11.9 Å². The maximum Gasteiger partial charge on any atom is 0.143 e. The molecule has 170 valence electrons. The van der Waals surface area contributed by atoms with Crippen LogP contribution in [0.3, 0.4) is 0 Å². The molecule has 0 aromatic heterocycles. The molecule has 0 N–H and O–H groups in total. The minimum absolute atomic E-state index is 0.584. The van der Waals surface area contributed by atoms with Crippen molar-refractivity contribution >= 4 is 15.9 Å². The first kappa shape index (κ1) is 24.7. The average Bonchev–Trinajstić information content (AvgIpc) is 2.87. The number of halogens is 1. The van der Waals surface area contributed by atoms with Crippen molar-refractivity contribution < 1.29 is 4.74 Å². The summed E-state index contributed by atoms with van der Waals surface area (Å²) in [5.74, 6) is 0. The Kier molecular flexibility index (Phi) is 11.0. The Bertz CT molecular complexity index is 751. The van der Waals surface area contributed by atoms with Gasteiger partial charge in [0.1, 0.15) is 5.60 Å². The lowest BCUT2D eigenvalue weighted by atomic mass is 9.80. The van der Waals surface area contributed by atoms with Gasteiger partial charge in [-0.25, -0.2) is 0 Å². The number of hydrogen-bond donors (Lipinski definition) is 0. The minimum Gasteiger partial charge on any atom is -0.361 e. The summed E-state index contributed by atoms with van der Waals surface area (Å²) < 4.78 is 6.86. The van der Waals surface area contributed by atoms with Gasteiger partial charge in [0, 0.05) is 11.9 Å². The number of unbranched alkanes of at least 4 members (excludes halogenated alkanes) is 8. The lowest BCUT2D eigenvalue weighted by molar-refractivity contribution is 0.0106. The average molecular weight is 494 g/mol. The highest BCUT2D eigenvalue weighted by Crippen LogP contribution is 2.40. The second kappa shape index (κ2) is 14.3. The summed E-state index contributed by atoms with van der Waals surface area (Å²) in [6.07, 6.45) is 11.8.